The number of rotatable bonds is 5. The summed E-state index contributed by atoms with van der Waals surface area (Å²) in [6, 6.07) is 4.67. The van der Waals surface area contributed by atoms with Crippen LogP contribution in [0.25, 0.3) is 0 Å². The molecular weight excluding hydrogens is 166 g/mol. The van der Waals surface area contributed by atoms with Crippen LogP contribution in [-0.4, -0.2) is 17.8 Å². The molecular formula is C10H15NO2. The van der Waals surface area contributed by atoms with Crippen LogP contribution in [0.15, 0.2) is 22.8 Å². The molecule has 1 aromatic rings. The van der Waals surface area contributed by atoms with Crippen molar-refractivity contribution >= 4 is 0 Å². The fourth-order valence-corrected chi connectivity index (χ4v) is 1.46. The largest absolute Gasteiger partial charge is 0.468 e. The zero-order chi connectivity index (χ0) is 9.10. The van der Waals surface area contributed by atoms with Gasteiger partial charge in [-0.3, -0.25) is 0 Å². The van der Waals surface area contributed by atoms with Crippen LogP contribution in [-0.2, 0) is 0 Å². The summed E-state index contributed by atoms with van der Waals surface area (Å²) < 4.78 is 5.30. The van der Waals surface area contributed by atoms with Gasteiger partial charge in [-0.15, -0.1) is 0 Å². The summed E-state index contributed by atoms with van der Waals surface area (Å²) in [5.74, 6) is 0.931. The third kappa shape index (κ3) is 2.32. The third-order valence-electron chi connectivity index (χ3n) is 2.32. The van der Waals surface area contributed by atoms with Crippen LogP contribution in [0.5, 0.6) is 0 Å². The second-order valence-corrected chi connectivity index (χ2v) is 3.52. The second-order valence-electron chi connectivity index (χ2n) is 3.52. The lowest BCUT2D eigenvalue weighted by molar-refractivity contribution is 0.253. The number of nitrogens with one attached hydrogen (secondary N) is 1. The van der Waals surface area contributed by atoms with Gasteiger partial charge >= 0.3 is 0 Å². The van der Waals surface area contributed by atoms with E-state index < -0.39 is 0 Å². The molecule has 1 aromatic heterocycles. The average Bonchev–Trinajstić information content (AvgIpc) is 2.80. The summed E-state index contributed by atoms with van der Waals surface area (Å²) in [5, 5.41) is 12.3. The Labute approximate surface area is 77.8 Å². The Morgan fingerprint density at radius 1 is 1.62 bits per heavy atom. The summed E-state index contributed by atoms with van der Waals surface area (Å²) >= 11 is 0. The lowest BCUT2D eigenvalue weighted by Gasteiger charge is -2.14. The van der Waals surface area contributed by atoms with E-state index in [0.717, 1.165) is 12.2 Å². The molecule has 1 unspecified atom stereocenters. The van der Waals surface area contributed by atoms with E-state index in [0.29, 0.717) is 6.04 Å². The van der Waals surface area contributed by atoms with E-state index in [1.165, 1.54) is 12.8 Å². The number of aliphatic hydroxyl groups is 1. The van der Waals surface area contributed by atoms with E-state index in [4.69, 9.17) is 9.52 Å². The molecule has 1 aliphatic rings. The first kappa shape index (κ1) is 8.78. The minimum absolute atomic E-state index is 0.188. The van der Waals surface area contributed by atoms with Gasteiger partial charge in [-0.2, -0.15) is 0 Å². The van der Waals surface area contributed by atoms with Gasteiger partial charge in [-0.05, 0) is 31.4 Å². The van der Waals surface area contributed by atoms with E-state index in [1.807, 2.05) is 12.1 Å². The molecule has 3 nitrogen and oxygen atoms in total. The molecule has 1 atom stereocenters. The van der Waals surface area contributed by atoms with Crippen molar-refractivity contribution < 1.29 is 9.52 Å². The van der Waals surface area contributed by atoms with Gasteiger partial charge in [0.05, 0.1) is 12.3 Å². The lowest BCUT2D eigenvalue weighted by Crippen LogP contribution is -2.23. The molecule has 1 aliphatic carbocycles. The Balaban J connectivity index is 1.95. The topological polar surface area (TPSA) is 45.4 Å². The molecule has 0 bridgehead atoms. The summed E-state index contributed by atoms with van der Waals surface area (Å²) in [7, 11) is 0. The molecule has 0 spiro atoms. The molecule has 0 aromatic carbocycles. The molecule has 72 valence electrons. The molecule has 1 fully saturated rings. The number of hydrogen-bond donors (Lipinski definition) is 2. The highest BCUT2D eigenvalue weighted by atomic mass is 16.3. The summed E-state index contributed by atoms with van der Waals surface area (Å²) in [6.45, 7) is 0.199. The van der Waals surface area contributed by atoms with Crippen LogP contribution in [0.3, 0.4) is 0 Å². The van der Waals surface area contributed by atoms with Crippen molar-refractivity contribution in [2.75, 3.05) is 6.61 Å². The zero-order valence-electron chi connectivity index (χ0n) is 7.57. The maximum Gasteiger partial charge on any atom is 0.120 e. The van der Waals surface area contributed by atoms with Gasteiger partial charge in [0.25, 0.3) is 0 Å². The number of hydrogen-bond acceptors (Lipinski definition) is 3. The quantitative estimate of drug-likeness (QED) is 0.722. The first-order chi connectivity index (χ1) is 6.40. The van der Waals surface area contributed by atoms with E-state index >= 15 is 0 Å². The highest BCUT2D eigenvalue weighted by Gasteiger charge is 2.26. The van der Waals surface area contributed by atoms with Crippen molar-refractivity contribution in [3.8, 4) is 0 Å². The maximum absolute atomic E-state index is 8.89. The molecule has 0 radical (unpaired) electrons. The Morgan fingerprint density at radius 2 is 2.46 bits per heavy atom. The average molecular weight is 181 g/mol. The summed E-state index contributed by atoms with van der Waals surface area (Å²) in [5.41, 5.74) is 0. The second kappa shape index (κ2) is 3.94. The highest BCUT2D eigenvalue weighted by molar-refractivity contribution is 5.05. The fourth-order valence-electron chi connectivity index (χ4n) is 1.46. The monoisotopic (exact) mass is 181 g/mol. The molecule has 2 N–H and O–H groups in total. The predicted molar refractivity (Wildman–Crippen MR) is 49.3 cm³/mol. The van der Waals surface area contributed by atoms with Crippen molar-refractivity contribution in [1.29, 1.82) is 0 Å². The van der Waals surface area contributed by atoms with Gasteiger partial charge in [-0.25, -0.2) is 0 Å². The summed E-state index contributed by atoms with van der Waals surface area (Å²) in [6.07, 6.45) is 4.91. The van der Waals surface area contributed by atoms with Crippen molar-refractivity contribution in [1.82, 2.24) is 5.32 Å². The first-order valence-electron chi connectivity index (χ1n) is 4.80. The smallest absolute Gasteiger partial charge is 0.120 e. The lowest BCUT2D eigenvalue weighted by atomic mass is 10.1. The Morgan fingerprint density at radius 3 is 3.00 bits per heavy atom. The highest BCUT2D eigenvalue weighted by Crippen LogP contribution is 2.25. The first-order valence-corrected chi connectivity index (χ1v) is 4.80. The van der Waals surface area contributed by atoms with Crippen LogP contribution < -0.4 is 5.32 Å². The molecule has 13 heavy (non-hydrogen) atoms. The Hall–Kier alpha value is -0.800. The van der Waals surface area contributed by atoms with Crippen molar-refractivity contribution in [3.05, 3.63) is 24.2 Å². The van der Waals surface area contributed by atoms with Crippen LogP contribution in [0.2, 0.25) is 0 Å². The fraction of sp³-hybridized carbons (Fsp3) is 0.600. The van der Waals surface area contributed by atoms with E-state index in [2.05, 4.69) is 5.32 Å². The summed E-state index contributed by atoms with van der Waals surface area (Å²) in [4.78, 5) is 0. The number of aliphatic hydroxyl groups excluding tert-OH is 1. The molecule has 1 heterocycles. The van der Waals surface area contributed by atoms with Crippen molar-refractivity contribution in [2.45, 2.75) is 31.3 Å². The van der Waals surface area contributed by atoms with Gasteiger partial charge in [0.2, 0.25) is 0 Å². The van der Waals surface area contributed by atoms with E-state index in [9.17, 15) is 0 Å². The van der Waals surface area contributed by atoms with Crippen LogP contribution in [0.1, 0.15) is 31.1 Å². The third-order valence-corrected chi connectivity index (χ3v) is 2.32. The normalized spacial score (nSPS) is 18.8. The van der Waals surface area contributed by atoms with Gasteiger partial charge in [-0.1, -0.05) is 0 Å². The Kier molecular flexibility index (Phi) is 2.66. The van der Waals surface area contributed by atoms with Crippen LogP contribution >= 0.6 is 0 Å². The molecule has 2 rings (SSSR count). The zero-order valence-corrected chi connectivity index (χ0v) is 7.57. The Bertz CT molecular complexity index is 241. The van der Waals surface area contributed by atoms with Gasteiger partial charge in [0.15, 0.2) is 0 Å². The van der Waals surface area contributed by atoms with Gasteiger partial charge in [0, 0.05) is 12.6 Å². The number of furan rings is 1. The molecule has 0 amide bonds. The molecule has 3 heteroatoms. The minimum Gasteiger partial charge on any atom is -0.468 e. The minimum atomic E-state index is 0.188. The van der Waals surface area contributed by atoms with E-state index in [-0.39, 0.29) is 12.6 Å². The SMILES string of the molecule is OCCC(NC1CC1)c1ccco1. The predicted octanol–water partition coefficient (Wildman–Crippen LogP) is 1.46. The molecule has 0 aliphatic heterocycles. The van der Waals surface area contributed by atoms with Crippen LogP contribution in [0.4, 0.5) is 0 Å². The van der Waals surface area contributed by atoms with Crippen molar-refractivity contribution in [3.63, 3.8) is 0 Å². The standard InChI is InChI=1S/C10H15NO2/c12-6-5-9(11-8-3-4-8)10-2-1-7-13-10/h1-2,7-9,11-12H,3-6H2. The van der Waals surface area contributed by atoms with E-state index in [1.54, 1.807) is 6.26 Å². The van der Waals surface area contributed by atoms with Gasteiger partial charge in [0.1, 0.15) is 5.76 Å². The van der Waals surface area contributed by atoms with Crippen molar-refractivity contribution in [2.24, 2.45) is 0 Å². The van der Waals surface area contributed by atoms with Gasteiger partial charge < -0.3 is 14.8 Å². The van der Waals surface area contributed by atoms with Crippen LogP contribution in [0, 0.1) is 0 Å². The molecule has 1 saturated carbocycles. The maximum atomic E-state index is 8.89. The molecule has 0 saturated heterocycles.